The van der Waals surface area contributed by atoms with Crippen molar-refractivity contribution in [3.63, 3.8) is 0 Å². The topological polar surface area (TPSA) is 86.0 Å². The molecule has 0 aliphatic rings. The molecule has 0 atom stereocenters. The van der Waals surface area contributed by atoms with Crippen LogP contribution in [0.4, 0.5) is 4.39 Å². The summed E-state index contributed by atoms with van der Waals surface area (Å²) in [5, 5.41) is 2.87. The summed E-state index contributed by atoms with van der Waals surface area (Å²) < 4.78 is 15.3. The third kappa shape index (κ3) is 3.06. The van der Waals surface area contributed by atoms with Gasteiger partial charge in [0.1, 0.15) is 17.2 Å². The second kappa shape index (κ2) is 6.31. The van der Waals surface area contributed by atoms with E-state index in [1.54, 1.807) is 12.1 Å². The number of nitrogens with zero attached hydrogens (tertiary/aromatic N) is 3. The monoisotopic (exact) mass is 342 g/mol. The average molecular weight is 342 g/mol. The molecule has 7 nitrogen and oxygen atoms in total. The lowest BCUT2D eigenvalue weighted by Crippen LogP contribution is -2.37. The minimum Gasteiger partial charge on any atom is -0.347 e. The first-order chi connectivity index (χ1) is 11.9. The molecule has 128 valence electrons. The number of aromatic nitrogens is 3. The number of carbonyl (C=O) groups excluding carboxylic acids is 1. The van der Waals surface area contributed by atoms with Crippen molar-refractivity contribution in [2.75, 3.05) is 0 Å². The molecule has 0 spiro atoms. The number of hydrogen-bond acceptors (Lipinski definition) is 4. The molecule has 0 fully saturated rings. The molecule has 1 amide bonds. The zero-order valence-corrected chi connectivity index (χ0v) is 13.6. The summed E-state index contributed by atoms with van der Waals surface area (Å²) in [4.78, 5) is 40.5. The summed E-state index contributed by atoms with van der Waals surface area (Å²) in [6, 6.07) is 8.75. The van der Waals surface area contributed by atoms with E-state index in [0.29, 0.717) is 5.56 Å². The number of carbonyl (C=O) groups is 1. The predicted molar refractivity (Wildman–Crippen MR) is 89.8 cm³/mol. The van der Waals surface area contributed by atoms with Crippen LogP contribution in [0.15, 0.2) is 46.0 Å². The third-order valence-corrected chi connectivity index (χ3v) is 3.88. The first kappa shape index (κ1) is 16.6. The highest BCUT2D eigenvalue weighted by molar-refractivity contribution is 5.94. The van der Waals surface area contributed by atoms with E-state index in [9.17, 15) is 18.8 Å². The highest BCUT2D eigenvalue weighted by Crippen LogP contribution is 2.07. The van der Waals surface area contributed by atoms with Crippen molar-refractivity contribution in [1.29, 1.82) is 0 Å². The van der Waals surface area contributed by atoms with Gasteiger partial charge in [0.25, 0.3) is 11.5 Å². The van der Waals surface area contributed by atoms with Gasteiger partial charge in [-0.3, -0.25) is 18.7 Å². The molecule has 2 aromatic heterocycles. The maximum absolute atomic E-state index is 13.2. The van der Waals surface area contributed by atoms with Gasteiger partial charge < -0.3 is 5.32 Å². The zero-order valence-electron chi connectivity index (χ0n) is 13.6. The van der Waals surface area contributed by atoms with Gasteiger partial charge in [-0.15, -0.1) is 0 Å². The Hall–Kier alpha value is -3.29. The van der Waals surface area contributed by atoms with Crippen LogP contribution < -0.4 is 16.6 Å². The van der Waals surface area contributed by atoms with Gasteiger partial charge in [-0.25, -0.2) is 14.2 Å². The molecule has 0 aliphatic carbocycles. The van der Waals surface area contributed by atoms with Crippen LogP contribution in [0.1, 0.15) is 16.1 Å². The number of rotatable bonds is 3. The van der Waals surface area contributed by atoms with E-state index in [-0.39, 0.29) is 29.1 Å². The standard InChI is InChI=1S/C17H15FN4O3/c1-21-14-12(16(24)22(2)17(21)25)6-7-13(20-14)15(23)19-9-10-4-3-5-11(18)8-10/h3-8H,9H2,1-2H3,(H,19,23). The Bertz CT molecular complexity index is 1100. The molecule has 2 heterocycles. The lowest BCUT2D eigenvalue weighted by molar-refractivity contribution is 0.0946. The van der Waals surface area contributed by atoms with Crippen LogP contribution in [0, 0.1) is 5.82 Å². The van der Waals surface area contributed by atoms with E-state index in [4.69, 9.17) is 0 Å². The fourth-order valence-corrected chi connectivity index (χ4v) is 2.50. The molecule has 3 aromatic rings. The second-order valence-corrected chi connectivity index (χ2v) is 5.59. The summed E-state index contributed by atoms with van der Waals surface area (Å²) in [7, 11) is 2.86. The van der Waals surface area contributed by atoms with Gasteiger partial charge in [0.05, 0.1) is 5.39 Å². The van der Waals surface area contributed by atoms with Gasteiger partial charge in [0, 0.05) is 20.6 Å². The van der Waals surface area contributed by atoms with E-state index in [2.05, 4.69) is 10.3 Å². The van der Waals surface area contributed by atoms with E-state index in [0.717, 1.165) is 4.57 Å². The molecule has 3 rings (SSSR count). The fourth-order valence-electron chi connectivity index (χ4n) is 2.50. The highest BCUT2D eigenvalue weighted by atomic mass is 19.1. The molecule has 1 aromatic carbocycles. The van der Waals surface area contributed by atoms with Crippen LogP contribution in [0.2, 0.25) is 0 Å². The normalized spacial score (nSPS) is 10.8. The zero-order chi connectivity index (χ0) is 18.1. The number of halogens is 1. The summed E-state index contributed by atoms with van der Waals surface area (Å²) in [5.41, 5.74) is -0.200. The Labute approximate surface area is 141 Å². The molecular weight excluding hydrogens is 327 g/mol. The molecule has 0 bridgehead atoms. The molecule has 1 N–H and O–H groups in total. The van der Waals surface area contributed by atoms with Crippen molar-refractivity contribution in [2.24, 2.45) is 14.1 Å². The van der Waals surface area contributed by atoms with Crippen molar-refractivity contribution >= 4 is 16.9 Å². The van der Waals surface area contributed by atoms with Crippen LogP contribution in [0.5, 0.6) is 0 Å². The fraction of sp³-hybridized carbons (Fsp3) is 0.176. The number of pyridine rings is 1. The molecule has 25 heavy (non-hydrogen) atoms. The molecule has 0 unspecified atom stereocenters. The lowest BCUT2D eigenvalue weighted by Gasteiger charge is -2.09. The molecule has 0 aliphatic heterocycles. The smallest absolute Gasteiger partial charge is 0.332 e. The molecule has 0 saturated heterocycles. The summed E-state index contributed by atoms with van der Waals surface area (Å²) >= 11 is 0. The number of amides is 1. The minimum absolute atomic E-state index is 0.0622. The lowest BCUT2D eigenvalue weighted by atomic mass is 10.2. The molecular formula is C17H15FN4O3. The predicted octanol–water partition coefficient (Wildman–Crippen LogP) is 0.701. The van der Waals surface area contributed by atoms with Crippen molar-refractivity contribution < 1.29 is 9.18 Å². The highest BCUT2D eigenvalue weighted by Gasteiger charge is 2.13. The van der Waals surface area contributed by atoms with Gasteiger partial charge >= 0.3 is 5.69 Å². The summed E-state index contributed by atoms with van der Waals surface area (Å²) in [5.74, 6) is -0.874. The average Bonchev–Trinajstić information content (AvgIpc) is 2.62. The maximum Gasteiger partial charge on any atom is 0.332 e. The Morgan fingerprint density at radius 2 is 1.92 bits per heavy atom. The van der Waals surface area contributed by atoms with Crippen molar-refractivity contribution in [3.8, 4) is 0 Å². The number of hydrogen-bond donors (Lipinski definition) is 1. The van der Waals surface area contributed by atoms with E-state index < -0.39 is 17.2 Å². The van der Waals surface area contributed by atoms with Crippen molar-refractivity contribution in [2.45, 2.75) is 6.54 Å². The second-order valence-electron chi connectivity index (χ2n) is 5.59. The third-order valence-electron chi connectivity index (χ3n) is 3.88. The molecule has 0 saturated carbocycles. The van der Waals surface area contributed by atoms with Crippen molar-refractivity contribution in [1.82, 2.24) is 19.4 Å². The Morgan fingerprint density at radius 1 is 1.16 bits per heavy atom. The van der Waals surface area contributed by atoms with Crippen LogP contribution >= 0.6 is 0 Å². The Kier molecular flexibility index (Phi) is 4.18. The minimum atomic E-state index is -0.526. The number of nitrogens with one attached hydrogen (secondary N) is 1. The van der Waals surface area contributed by atoms with Crippen LogP contribution in [0.25, 0.3) is 11.0 Å². The first-order valence-corrected chi connectivity index (χ1v) is 7.48. The van der Waals surface area contributed by atoms with Crippen molar-refractivity contribution in [3.05, 3.63) is 74.3 Å². The van der Waals surface area contributed by atoms with Gasteiger partial charge in [-0.2, -0.15) is 0 Å². The first-order valence-electron chi connectivity index (χ1n) is 7.48. The van der Waals surface area contributed by atoms with Crippen LogP contribution in [-0.4, -0.2) is 20.0 Å². The summed E-state index contributed by atoms with van der Waals surface area (Å²) in [6.45, 7) is 0.131. The van der Waals surface area contributed by atoms with E-state index >= 15 is 0 Å². The molecule has 8 heteroatoms. The Morgan fingerprint density at radius 3 is 2.64 bits per heavy atom. The number of benzene rings is 1. The van der Waals surface area contributed by atoms with Gasteiger partial charge in [-0.05, 0) is 29.8 Å². The maximum atomic E-state index is 13.2. The van der Waals surface area contributed by atoms with E-state index in [1.807, 2.05) is 0 Å². The quantitative estimate of drug-likeness (QED) is 0.759. The number of aryl methyl sites for hydroxylation is 1. The SMILES string of the molecule is Cn1c(=O)c2ccc(C(=O)NCc3cccc(F)c3)nc2n(C)c1=O. The van der Waals surface area contributed by atoms with Crippen LogP contribution in [-0.2, 0) is 20.6 Å². The van der Waals surface area contributed by atoms with Gasteiger partial charge in [0.2, 0.25) is 0 Å². The molecule has 0 radical (unpaired) electrons. The summed E-state index contributed by atoms with van der Waals surface area (Å²) in [6.07, 6.45) is 0. The number of fused-ring (bicyclic) bond motifs is 1. The Balaban J connectivity index is 1.92. The van der Waals surface area contributed by atoms with Gasteiger partial charge in [-0.1, -0.05) is 12.1 Å². The van der Waals surface area contributed by atoms with Gasteiger partial charge in [0.15, 0.2) is 0 Å². The van der Waals surface area contributed by atoms with Crippen LogP contribution in [0.3, 0.4) is 0 Å². The van der Waals surface area contributed by atoms with E-state index in [1.165, 1.54) is 42.9 Å². The largest absolute Gasteiger partial charge is 0.347 e.